The van der Waals surface area contributed by atoms with E-state index in [1.165, 1.54) is 21.9 Å². The first kappa shape index (κ1) is 23.0. The number of fused-ring (bicyclic) bond motifs is 1. The van der Waals surface area contributed by atoms with Crippen LogP contribution in [-0.4, -0.2) is 7.11 Å². The Labute approximate surface area is 214 Å². The maximum absolute atomic E-state index is 5.38. The minimum absolute atomic E-state index is 0.0368. The molecule has 2 atom stereocenters. The summed E-state index contributed by atoms with van der Waals surface area (Å²) in [7, 11) is 1.69. The fraction of sp³-hybridized carbons (Fsp3) is 0.0968. The number of halogens is 1. The third-order valence-corrected chi connectivity index (χ3v) is 6.76. The Morgan fingerprint density at radius 3 is 1.91 bits per heavy atom. The highest BCUT2D eigenvalue weighted by Crippen LogP contribution is 2.38. The topological polar surface area (TPSA) is 33.3 Å². The van der Waals surface area contributed by atoms with Crippen molar-refractivity contribution in [1.82, 2.24) is 0 Å². The van der Waals surface area contributed by atoms with Crippen molar-refractivity contribution in [1.29, 1.82) is 0 Å². The molecule has 5 aromatic rings. The average molecular weight is 523 g/mol. The molecule has 0 heterocycles. The average Bonchev–Trinajstić information content (AvgIpc) is 2.92. The Morgan fingerprint density at radius 1 is 0.600 bits per heavy atom. The van der Waals surface area contributed by atoms with Gasteiger partial charge in [-0.2, -0.15) is 0 Å². The van der Waals surface area contributed by atoms with Gasteiger partial charge in [0.1, 0.15) is 5.75 Å². The molecule has 0 fully saturated rings. The maximum Gasteiger partial charge on any atom is 0.119 e. The fourth-order valence-corrected chi connectivity index (χ4v) is 4.74. The molecule has 0 aliphatic rings. The van der Waals surface area contributed by atoms with Crippen LogP contribution in [0, 0.1) is 0 Å². The summed E-state index contributed by atoms with van der Waals surface area (Å²) in [5.41, 5.74) is 4.53. The Hall–Kier alpha value is -3.76. The van der Waals surface area contributed by atoms with Gasteiger partial charge in [0, 0.05) is 15.8 Å². The minimum Gasteiger partial charge on any atom is -0.497 e. The number of ether oxygens (including phenoxy) is 1. The van der Waals surface area contributed by atoms with Crippen molar-refractivity contribution < 1.29 is 4.74 Å². The van der Waals surface area contributed by atoms with E-state index in [1.807, 2.05) is 12.1 Å². The lowest BCUT2D eigenvalue weighted by molar-refractivity contribution is 0.415. The van der Waals surface area contributed by atoms with Crippen LogP contribution in [0.25, 0.3) is 10.8 Å². The maximum atomic E-state index is 5.38. The molecule has 4 heteroatoms. The summed E-state index contributed by atoms with van der Waals surface area (Å²) in [5.74, 6) is 0.838. The first-order valence-corrected chi connectivity index (χ1v) is 12.5. The molecule has 0 aliphatic carbocycles. The molecule has 5 aromatic carbocycles. The Kier molecular flexibility index (Phi) is 7.01. The summed E-state index contributed by atoms with van der Waals surface area (Å²) in [6.45, 7) is 0. The van der Waals surface area contributed by atoms with Gasteiger partial charge in [-0.25, -0.2) is 0 Å². The van der Waals surface area contributed by atoms with Crippen molar-refractivity contribution in [2.45, 2.75) is 12.1 Å². The van der Waals surface area contributed by atoms with Gasteiger partial charge in [-0.15, -0.1) is 0 Å². The third kappa shape index (κ3) is 5.33. The number of hydrogen-bond donors (Lipinski definition) is 2. The molecule has 0 aromatic heterocycles. The molecule has 5 rings (SSSR count). The first-order chi connectivity index (χ1) is 17.2. The summed E-state index contributed by atoms with van der Waals surface area (Å²) >= 11 is 3.55. The monoisotopic (exact) mass is 522 g/mol. The molecular weight excluding hydrogens is 496 g/mol. The van der Waals surface area contributed by atoms with E-state index in [0.29, 0.717) is 0 Å². The van der Waals surface area contributed by atoms with E-state index in [2.05, 4.69) is 136 Å². The van der Waals surface area contributed by atoms with E-state index in [9.17, 15) is 0 Å². The largest absolute Gasteiger partial charge is 0.497 e. The Morgan fingerprint density at radius 2 is 1.20 bits per heavy atom. The Balaban J connectivity index is 1.64. The van der Waals surface area contributed by atoms with Gasteiger partial charge >= 0.3 is 0 Å². The number of nitrogens with one attached hydrogen (secondary N) is 2. The van der Waals surface area contributed by atoms with Crippen LogP contribution >= 0.6 is 15.9 Å². The van der Waals surface area contributed by atoms with Gasteiger partial charge in [0.2, 0.25) is 0 Å². The van der Waals surface area contributed by atoms with Crippen molar-refractivity contribution >= 4 is 38.1 Å². The summed E-state index contributed by atoms with van der Waals surface area (Å²) in [4.78, 5) is 0. The number of anilines is 2. The lowest BCUT2D eigenvalue weighted by Gasteiger charge is -2.32. The normalized spacial score (nSPS) is 12.6. The molecule has 35 heavy (non-hydrogen) atoms. The van der Waals surface area contributed by atoms with Crippen molar-refractivity contribution in [2.24, 2.45) is 0 Å². The predicted octanol–water partition coefficient (Wildman–Crippen LogP) is 8.62. The molecule has 3 nitrogen and oxygen atoms in total. The van der Waals surface area contributed by atoms with Crippen LogP contribution in [0.4, 0.5) is 11.4 Å². The molecule has 0 aliphatic heterocycles. The highest BCUT2D eigenvalue weighted by molar-refractivity contribution is 9.10. The highest BCUT2D eigenvalue weighted by Gasteiger charge is 2.26. The van der Waals surface area contributed by atoms with E-state index in [0.717, 1.165) is 21.6 Å². The van der Waals surface area contributed by atoms with Crippen LogP contribution in [0.15, 0.2) is 126 Å². The SMILES string of the molecule is COc1ccc(N[C@@H](c2cccc3ccccc23)[C@@H](Nc2ccc(Br)cc2)c2ccccc2)cc1. The smallest absolute Gasteiger partial charge is 0.119 e. The zero-order chi connectivity index (χ0) is 24.0. The van der Waals surface area contributed by atoms with Crippen LogP contribution in [0.1, 0.15) is 23.2 Å². The first-order valence-electron chi connectivity index (χ1n) is 11.7. The van der Waals surface area contributed by atoms with E-state index in [4.69, 9.17) is 4.74 Å². The zero-order valence-corrected chi connectivity index (χ0v) is 21.1. The van der Waals surface area contributed by atoms with E-state index in [-0.39, 0.29) is 12.1 Å². The van der Waals surface area contributed by atoms with Crippen molar-refractivity contribution in [2.75, 3.05) is 17.7 Å². The summed E-state index contributed by atoms with van der Waals surface area (Å²) < 4.78 is 6.43. The molecular formula is C31H27BrN2O. The number of benzene rings is 5. The van der Waals surface area contributed by atoms with Crippen LogP contribution in [-0.2, 0) is 0 Å². The molecule has 0 bridgehead atoms. The second kappa shape index (κ2) is 10.7. The van der Waals surface area contributed by atoms with Crippen LogP contribution < -0.4 is 15.4 Å². The van der Waals surface area contributed by atoms with Gasteiger partial charge in [0.05, 0.1) is 19.2 Å². The van der Waals surface area contributed by atoms with Crippen molar-refractivity contribution in [3.8, 4) is 5.75 Å². The Bertz CT molecular complexity index is 1380. The van der Waals surface area contributed by atoms with Gasteiger partial charge in [0.25, 0.3) is 0 Å². The standard InChI is InChI=1S/C31H27BrN2O/c1-35-27-20-18-26(19-21-27)34-31(29-13-7-11-22-8-5-6-12-28(22)29)30(23-9-3-2-4-10-23)33-25-16-14-24(32)15-17-25/h2-21,30-31,33-34H,1H3/t30-,31-/m0/s1. The zero-order valence-electron chi connectivity index (χ0n) is 19.5. The summed E-state index contributed by atoms with van der Waals surface area (Å²) in [5, 5.41) is 10.1. The fourth-order valence-electron chi connectivity index (χ4n) is 4.47. The molecule has 0 radical (unpaired) electrons. The van der Waals surface area contributed by atoms with E-state index in [1.54, 1.807) is 7.11 Å². The van der Waals surface area contributed by atoms with Crippen LogP contribution in [0.5, 0.6) is 5.75 Å². The summed E-state index contributed by atoms with van der Waals surface area (Å²) in [6.07, 6.45) is 0. The second-order valence-electron chi connectivity index (χ2n) is 8.46. The molecule has 2 N–H and O–H groups in total. The predicted molar refractivity (Wildman–Crippen MR) is 150 cm³/mol. The number of hydrogen-bond acceptors (Lipinski definition) is 3. The van der Waals surface area contributed by atoms with Crippen LogP contribution in [0.2, 0.25) is 0 Å². The molecule has 174 valence electrons. The molecule has 0 amide bonds. The van der Waals surface area contributed by atoms with Gasteiger partial charge in [-0.05, 0) is 70.4 Å². The minimum atomic E-state index is -0.0551. The van der Waals surface area contributed by atoms with E-state index < -0.39 is 0 Å². The quantitative estimate of drug-likeness (QED) is 0.214. The molecule has 0 unspecified atom stereocenters. The van der Waals surface area contributed by atoms with E-state index >= 15 is 0 Å². The number of rotatable bonds is 8. The third-order valence-electron chi connectivity index (χ3n) is 6.23. The van der Waals surface area contributed by atoms with Gasteiger partial charge < -0.3 is 15.4 Å². The highest BCUT2D eigenvalue weighted by atomic mass is 79.9. The van der Waals surface area contributed by atoms with Crippen LogP contribution in [0.3, 0.4) is 0 Å². The van der Waals surface area contributed by atoms with Crippen molar-refractivity contribution in [3.05, 3.63) is 137 Å². The molecule has 0 saturated heterocycles. The lowest BCUT2D eigenvalue weighted by Crippen LogP contribution is -2.26. The lowest BCUT2D eigenvalue weighted by atomic mass is 9.89. The van der Waals surface area contributed by atoms with Gasteiger partial charge in [-0.1, -0.05) is 88.7 Å². The van der Waals surface area contributed by atoms with Crippen molar-refractivity contribution in [3.63, 3.8) is 0 Å². The number of methoxy groups -OCH3 is 1. The second-order valence-corrected chi connectivity index (χ2v) is 9.37. The molecule has 0 saturated carbocycles. The molecule has 0 spiro atoms. The van der Waals surface area contributed by atoms with Gasteiger partial charge in [-0.3, -0.25) is 0 Å². The summed E-state index contributed by atoms with van der Waals surface area (Å²) in [6, 6.07) is 42.1. The van der Waals surface area contributed by atoms with Gasteiger partial charge in [0.15, 0.2) is 0 Å².